The van der Waals surface area contributed by atoms with Gasteiger partial charge in [0.2, 0.25) is 10.0 Å². The fourth-order valence-electron chi connectivity index (χ4n) is 2.30. The first-order chi connectivity index (χ1) is 12.1. The van der Waals surface area contributed by atoms with E-state index in [-0.39, 0.29) is 12.4 Å². The summed E-state index contributed by atoms with van der Waals surface area (Å²) in [6.07, 6.45) is 1.50. The number of ether oxygens (including phenoxy) is 2. The third kappa shape index (κ3) is 4.60. The van der Waals surface area contributed by atoms with Crippen molar-refractivity contribution in [2.45, 2.75) is 0 Å². The first kappa shape index (κ1) is 17.0. The van der Waals surface area contributed by atoms with E-state index >= 15 is 0 Å². The highest BCUT2D eigenvalue weighted by Crippen LogP contribution is 2.18. The van der Waals surface area contributed by atoms with Gasteiger partial charge in [-0.2, -0.15) is 0 Å². The number of benzene rings is 2. The number of nitrogens with one attached hydrogen (secondary N) is 1. The minimum absolute atomic E-state index is 0.0443. The topological polar surface area (TPSA) is 77.5 Å². The summed E-state index contributed by atoms with van der Waals surface area (Å²) in [6, 6.07) is 16.2. The molecule has 130 valence electrons. The molecule has 3 rings (SSSR count). The van der Waals surface area contributed by atoms with E-state index in [4.69, 9.17) is 9.47 Å². The van der Waals surface area contributed by atoms with E-state index in [1.807, 2.05) is 24.3 Å². The largest absolute Gasteiger partial charge is 0.497 e. The van der Waals surface area contributed by atoms with Gasteiger partial charge in [-0.25, -0.2) is 8.42 Å². The molecular weight excluding hydrogens is 340 g/mol. The maximum atomic E-state index is 12.2. The van der Waals surface area contributed by atoms with Crippen molar-refractivity contribution in [2.75, 3.05) is 24.2 Å². The molecule has 0 spiro atoms. The summed E-state index contributed by atoms with van der Waals surface area (Å²) < 4.78 is 37.4. The van der Waals surface area contributed by atoms with E-state index in [1.54, 1.807) is 37.4 Å². The Balaban J connectivity index is 1.58. The van der Waals surface area contributed by atoms with E-state index in [9.17, 15) is 8.42 Å². The number of sulfonamides is 1. The molecule has 1 N–H and O–H groups in total. The molecule has 2 aromatic carbocycles. The smallest absolute Gasteiger partial charge is 0.236 e. The molecule has 25 heavy (non-hydrogen) atoms. The second-order valence-electron chi connectivity index (χ2n) is 5.36. The van der Waals surface area contributed by atoms with Crippen molar-refractivity contribution in [3.05, 3.63) is 60.8 Å². The normalized spacial score (nSPS) is 11.2. The molecule has 0 saturated carbocycles. The zero-order valence-electron chi connectivity index (χ0n) is 13.7. The molecule has 0 unspecified atom stereocenters. The van der Waals surface area contributed by atoms with Crippen LogP contribution in [0.5, 0.6) is 11.5 Å². The summed E-state index contributed by atoms with van der Waals surface area (Å²) in [5.41, 5.74) is 1.25. The number of anilines is 1. The summed E-state index contributed by atoms with van der Waals surface area (Å²) in [7, 11) is -1.95. The van der Waals surface area contributed by atoms with Gasteiger partial charge in [-0.3, -0.25) is 9.71 Å². The van der Waals surface area contributed by atoms with Crippen molar-refractivity contribution in [2.24, 2.45) is 0 Å². The van der Waals surface area contributed by atoms with Crippen LogP contribution < -0.4 is 14.2 Å². The van der Waals surface area contributed by atoms with Gasteiger partial charge >= 0.3 is 0 Å². The molecule has 0 radical (unpaired) electrons. The van der Waals surface area contributed by atoms with E-state index in [0.717, 1.165) is 10.9 Å². The highest BCUT2D eigenvalue weighted by atomic mass is 32.2. The van der Waals surface area contributed by atoms with Gasteiger partial charge in [-0.1, -0.05) is 18.2 Å². The summed E-state index contributed by atoms with van der Waals surface area (Å²) in [5, 5.41) is 0.872. The molecule has 0 atom stereocenters. The quantitative estimate of drug-likeness (QED) is 0.702. The van der Waals surface area contributed by atoms with Crippen molar-refractivity contribution in [1.82, 2.24) is 4.98 Å². The molecule has 1 aromatic heterocycles. The van der Waals surface area contributed by atoms with Gasteiger partial charge in [0.05, 0.1) is 24.5 Å². The lowest BCUT2D eigenvalue weighted by atomic mass is 10.2. The molecule has 0 bridgehead atoms. The number of methoxy groups -OCH3 is 1. The van der Waals surface area contributed by atoms with Gasteiger partial charge in [0.1, 0.15) is 23.9 Å². The van der Waals surface area contributed by atoms with E-state index in [0.29, 0.717) is 17.2 Å². The average Bonchev–Trinajstić information content (AvgIpc) is 2.61. The number of aromatic nitrogens is 1. The fraction of sp³-hybridized carbons (Fsp3) is 0.167. The number of hydrogen-bond donors (Lipinski definition) is 1. The van der Waals surface area contributed by atoms with Gasteiger partial charge < -0.3 is 9.47 Å². The number of rotatable bonds is 7. The fourth-order valence-corrected chi connectivity index (χ4v) is 3.17. The molecule has 1 heterocycles. The summed E-state index contributed by atoms with van der Waals surface area (Å²) in [6.45, 7) is 0.0443. The average molecular weight is 358 g/mol. The summed E-state index contributed by atoms with van der Waals surface area (Å²) in [4.78, 5) is 4.24. The first-order valence-corrected chi connectivity index (χ1v) is 9.33. The Labute approximate surface area is 146 Å². The molecule has 0 fully saturated rings. The molecule has 0 aliphatic carbocycles. The number of nitrogens with zero attached hydrogens (tertiary/aromatic N) is 1. The Morgan fingerprint density at radius 2 is 1.76 bits per heavy atom. The summed E-state index contributed by atoms with van der Waals surface area (Å²) in [5.74, 6) is 1.14. The van der Waals surface area contributed by atoms with E-state index in [1.165, 1.54) is 6.20 Å². The van der Waals surface area contributed by atoms with Gasteiger partial charge in [0.25, 0.3) is 0 Å². The van der Waals surface area contributed by atoms with Crippen LogP contribution in [0.2, 0.25) is 0 Å². The molecule has 0 aliphatic rings. The zero-order chi connectivity index (χ0) is 17.7. The highest BCUT2D eigenvalue weighted by Gasteiger charge is 2.11. The van der Waals surface area contributed by atoms with Crippen LogP contribution in [0, 0.1) is 0 Å². The van der Waals surface area contributed by atoms with Crippen LogP contribution in [0.1, 0.15) is 0 Å². The van der Waals surface area contributed by atoms with Crippen LogP contribution in [0.3, 0.4) is 0 Å². The molecule has 0 amide bonds. The molecule has 0 saturated heterocycles. The van der Waals surface area contributed by atoms with Crippen molar-refractivity contribution < 1.29 is 17.9 Å². The molecule has 7 heteroatoms. The predicted octanol–water partition coefficient (Wildman–Crippen LogP) is 3.06. The molecule has 6 nitrogen and oxygen atoms in total. The lowest BCUT2D eigenvalue weighted by molar-refractivity contribution is 0.340. The van der Waals surface area contributed by atoms with Crippen molar-refractivity contribution in [3.8, 4) is 11.5 Å². The third-order valence-electron chi connectivity index (χ3n) is 3.54. The standard InChI is InChI=1S/C18H18N2O4S/c1-23-16-6-8-17(9-7-16)24-10-11-25(21,22)20-15-12-14-4-2-3-5-18(14)19-13-15/h2-9,12-13,20H,10-11H2,1H3. The maximum absolute atomic E-state index is 12.2. The van der Waals surface area contributed by atoms with Crippen molar-refractivity contribution in [3.63, 3.8) is 0 Å². The Hall–Kier alpha value is -2.80. The van der Waals surface area contributed by atoms with Gasteiger partial charge in [-0.15, -0.1) is 0 Å². The lowest BCUT2D eigenvalue weighted by Gasteiger charge is -2.10. The first-order valence-electron chi connectivity index (χ1n) is 7.68. The second kappa shape index (κ2) is 7.40. The van der Waals surface area contributed by atoms with Crippen LogP contribution in [-0.2, 0) is 10.0 Å². The number of hydrogen-bond acceptors (Lipinski definition) is 5. The molecule has 3 aromatic rings. The molecular formula is C18H18N2O4S. The Morgan fingerprint density at radius 3 is 2.52 bits per heavy atom. The van der Waals surface area contributed by atoms with Gasteiger partial charge in [0.15, 0.2) is 0 Å². The zero-order valence-corrected chi connectivity index (χ0v) is 14.5. The van der Waals surface area contributed by atoms with Crippen LogP contribution in [-0.4, -0.2) is 32.9 Å². The Bertz CT molecular complexity index is 956. The highest BCUT2D eigenvalue weighted by molar-refractivity contribution is 7.92. The molecule has 0 aliphatic heterocycles. The van der Waals surface area contributed by atoms with E-state index in [2.05, 4.69) is 9.71 Å². The van der Waals surface area contributed by atoms with Crippen molar-refractivity contribution >= 4 is 26.6 Å². The van der Waals surface area contributed by atoms with Gasteiger partial charge in [-0.05, 0) is 36.4 Å². The second-order valence-corrected chi connectivity index (χ2v) is 7.20. The van der Waals surface area contributed by atoms with Crippen molar-refractivity contribution in [1.29, 1.82) is 0 Å². The maximum Gasteiger partial charge on any atom is 0.236 e. The van der Waals surface area contributed by atoms with Crippen LogP contribution in [0.4, 0.5) is 5.69 Å². The SMILES string of the molecule is COc1ccc(OCCS(=O)(=O)Nc2cnc3ccccc3c2)cc1. The Morgan fingerprint density at radius 1 is 1.04 bits per heavy atom. The van der Waals surface area contributed by atoms with Crippen LogP contribution in [0.15, 0.2) is 60.8 Å². The van der Waals surface area contributed by atoms with Crippen LogP contribution in [0.25, 0.3) is 10.9 Å². The Kier molecular flexibility index (Phi) is 5.04. The monoisotopic (exact) mass is 358 g/mol. The minimum atomic E-state index is -3.53. The predicted molar refractivity (Wildman–Crippen MR) is 97.6 cm³/mol. The summed E-state index contributed by atoms with van der Waals surface area (Å²) >= 11 is 0. The van der Waals surface area contributed by atoms with Crippen LogP contribution >= 0.6 is 0 Å². The minimum Gasteiger partial charge on any atom is -0.497 e. The lowest BCUT2D eigenvalue weighted by Crippen LogP contribution is -2.21. The number of para-hydroxylation sites is 1. The number of fused-ring (bicyclic) bond motifs is 1. The third-order valence-corrected chi connectivity index (χ3v) is 4.79. The van der Waals surface area contributed by atoms with E-state index < -0.39 is 10.0 Å². The number of pyridine rings is 1. The van der Waals surface area contributed by atoms with Gasteiger partial charge in [0, 0.05) is 5.39 Å².